The highest BCUT2D eigenvalue weighted by Crippen LogP contribution is 2.42. The van der Waals surface area contributed by atoms with E-state index in [-0.39, 0.29) is 5.60 Å². The molecule has 0 aromatic heterocycles. The van der Waals surface area contributed by atoms with Gasteiger partial charge in [-0.3, -0.25) is 0 Å². The third-order valence-electron chi connectivity index (χ3n) is 2.82. The molecule has 1 aliphatic rings. The van der Waals surface area contributed by atoms with E-state index in [1.165, 1.54) is 0 Å². The second kappa shape index (κ2) is 4.87. The minimum atomic E-state index is -1.70. The van der Waals surface area contributed by atoms with Gasteiger partial charge in [0.05, 0.1) is 0 Å². The first-order valence-corrected chi connectivity index (χ1v) is 10.3. The van der Waals surface area contributed by atoms with Crippen LogP contribution in [0, 0.1) is 0 Å². The number of ether oxygens (including phenoxy) is 1. The van der Waals surface area contributed by atoms with E-state index < -0.39 is 8.32 Å². The summed E-state index contributed by atoms with van der Waals surface area (Å²) < 4.78 is 12.1. The van der Waals surface area contributed by atoms with Gasteiger partial charge >= 0.3 is 0 Å². The van der Waals surface area contributed by atoms with Gasteiger partial charge in [0.25, 0.3) is 5.95 Å². The molecular weight excluding hydrogens is 276 g/mol. The van der Waals surface area contributed by atoms with Crippen molar-refractivity contribution in [3.05, 3.63) is 40.8 Å². The Hall–Kier alpha value is -0.933. The molecule has 1 aromatic carbocycles. The molecule has 0 spiro atoms. The molecule has 0 N–H and O–H groups in total. The third kappa shape index (κ3) is 3.54. The van der Waals surface area contributed by atoms with Crippen LogP contribution in [-0.4, -0.2) is 13.9 Å². The summed E-state index contributed by atoms with van der Waals surface area (Å²) in [6, 6.07) is 7.86. The van der Waals surface area contributed by atoms with E-state index in [9.17, 15) is 0 Å². The number of hydrogen-bond donors (Lipinski definition) is 0. The summed E-state index contributed by atoms with van der Waals surface area (Å²) in [5, 5.41) is 0.746. The summed E-state index contributed by atoms with van der Waals surface area (Å²) in [4.78, 5) is 0. The molecular formula is C15H21ClO2Si. The van der Waals surface area contributed by atoms with Gasteiger partial charge < -0.3 is 9.16 Å². The maximum absolute atomic E-state index is 6.30. The summed E-state index contributed by atoms with van der Waals surface area (Å²) in [5.41, 5.74) is 1.87. The van der Waals surface area contributed by atoms with Crippen molar-refractivity contribution in [2.75, 3.05) is 0 Å². The lowest BCUT2D eigenvalue weighted by Crippen LogP contribution is -2.27. The van der Waals surface area contributed by atoms with Crippen molar-refractivity contribution in [3.8, 4) is 0 Å². The standard InChI is InChI=1S/C15H21ClO2Si/c1-15(2)10-12(11-8-6-7-9-13(11)16)14(17-15)18-19(3,4)5/h6-9H,10H2,1-5H3. The molecule has 0 amide bonds. The van der Waals surface area contributed by atoms with Gasteiger partial charge in [0.15, 0.2) is 0 Å². The monoisotopic (exact) mass is 296 g/mol. The number of halogens is 1. The molecule has 1 aliphatic heterocycles. The fourth-order valence-electron chi connectivity index (χ4n) is 2.12. The van der Waals surface area contributed by atoms with E-state index in [4.69, 9.17) is 20.8 Å². The molecule has 104 valence electrons. The molecule has 2 nitrogen and oxygen atoms in total. The van der Waals surface area contributed by atoms with E-state index in [0.29, 0.717) is 5.95 Å². The van der Waals surface area contributed by atoms with Crippen LogP contribution < -0.4 is 0 Å². The summed E-state index contributed by atoms with van der Waals surface area (Å²) >= 11 is 6.30. The van der Waals surface area contributed by atoms with Crippen molar-refractivity contribution >= 4 is 25.5 Å². The fourth-order valence-corrected chi connectivity index (χ4v) is 3.09. The van der Waals surface area contributed by atoms with Gasteiger partial charge in [-0.15, -0.1) is 0 Å². The van der Waals surface area contributed by atoms with Crippen LogP contribution in [-0.2, 0) is 9.16 Å². The van der Waals surface area contributed by atoms with Crippen molar-refractivity contribution in [1.82, 2.24) is 0 Å². The lowest BCUT2D eigenvalue weighted by molar-refractivity contribution is 0.00576. The lowest BCUT2D eigenvalue weighted by atomic mass is 9.96. The molecule has 0 radical (unpaired) electrons. The van der Waals surface area contributed by atoms with E-state index in [2.05, 4.69) is 33.5 Å². The highest BCUT2D eigenvalue weighted by atomic mass is 35.5. The maximum atomic E-state index is 6.30. The number of hydrogen-bond acceptors (Lipinski definition) is 2. The zero-order valence-corrected chi connectivity index (χ0v) is 14.0. The SMILES string of the molecule is CC1(C)CC(c2ccccc2Cl)=C(O[Si](C)(C)C)O1. The van der Waals surface area contributed by atoms with Crippen molar-refractivity contribution in [1.29, 1.82) is 0 Å². The van der Waals surface area contributed by atoms with Gasteiger partial charge in [0.2, 0.25) is 8.32 Å². The summed E-state index contributed by atoms with van der Waals surface area (Å²) in [6.07, 6.45) is 0.816. The molecule has 1 heterocycles. The summed E-state index contributed by atoms with van der Waals surface area (Å²) in [6.45, 7) is 10.6. The van der Waals surface area contributed by atoms with Crippen LogP contribution in [0.4, 0.5) is 0 Å². The Labute approximate surface area is 121 Å². The van der Waals surface area contributed by atoms with Crippen LogP contribution in [0.3, 0.4) is 0 Å². The Morgan fingerprint density at radius 1 is 1.21 bits per heavy atom. The van der Waals surface area contributed by atoms with Crippen molar-refractivity contribution in [2.45, 2.75) is 45.5 Å². The van der Waals surface area contributed by atoms with E-state index in [1.54, 1.807) is 0 Å². The first-order valence-electron chi connectivity index (χ1n) is 6.54. The van der Waals surface area contributed by atoms with Gasteiger partial charge in [-0.1, -0.05) is 29.8 Å². The van der Waals surface area contributed by atoms with Crippen LogP contribution in [0.5, 0.6) is 0 Å². The van der Waals surface area contributed by atoms with E-state index in [1.807, 2.05) is 24.3 Å². The lowest BCUT2D eigenvalue weighted by Gasteiger charge is -2.24. The van der Waals surface area contributed by atoms with Gasteiger partial charge in [-0.2, -0.15) is 0 Å². The molecule has 19 heavy (non-hydrogen) atoms. The van der Waals surface area contributed by atoms with Crippen molar-refractivity contribution < 1.29 is 9.16 Å². The Bertz CT molecular complexity index is 515. The first-order chi connectivity index (χ1) is 8.68. The number of benzene rings is 1. The molecule has 0 fully saturated rings. The normalized spacial score (nSPS) is 18.4. The second-order valence-electron chi connectivity index (χ2n) is 6.50. The Morgan fingerprint density at radius 2 is 1.84 bits per heavy atom. The topological polar surface area (TPSA) is 18.5 Å². The van der Waals surface area contributed by atoms with Crippen LogP contribution in [0.2, 0.25) is 24.7 Å². The first kappa shape index (κ1) is 14.5. The number of rotatable bonds is 3. The quantitative estimate of drug-likeness (QED) is 0.726. The predicted molar refractivity (Wildman–Crippen MR) is 82.6 cm³/mol. The summed E-state index contributed by atoms with van der Waals surface area (Å²) in [5.74, 6) is 0.664. The van der Waals surface area contributed by atoms with Crippen LogP contribution in [0.25, 0.3) is 5.57 Å². The molecule has 0 saturated heterocycles. The molecule has 0 bridgehead atoms. The molecule has 0 aliphatic carbocycles. The van der Waals surface area contributed by atoms with Gasteiger partial charge in [-0.25, -0.2) is 0 Å². The van der Waals surface area contributed by atoms with Crippen molar-refractivity contribution in [3.63, 3.8) is 0 Å². The molecule has 2 rings (SSSR count). The van der Waals surface area contributed by atoms with Crippen LogP contribution in [0.15, 0.2) is 30.2 Å². The third-order valence-corrected chi connectivity index (χ3v) is 3.94. The highest BCUT2D eigenvalue weighted by Gasteiger charge is 2.37. The summed E-state index contributed by atoms with van der Waals surface area (Å²) in [7, 11) is -1.70. The Morgan fingerprint density at radius 3 is 2.42 bits per heavy atom. The van der Waals surface area contributed by atoms with Gasteiger partial charge in [0.1, 0.15) is 5.60 Å². The molecule has 1 aromatic rings. The molecule has 4 heteroatoms. The van der Waals surface area contributed by atoms with Gasteiger partial charge in [-0.05, 0) is 39.6 Å². The van der Waals surface area contributed by atoms with E-state index >= 15 is 0 Å². The van der Waals surface area contributed by atoms with E-state index in [0.717, 1.165) is 22.6 Å². The zero-order chi connectivity index (χ0) is 14.3. The zero-order valence-electron chi connectivity index (χ0n) is 12.2. The predicted octanol–water partition coefficient (Wildman–Crippen LogP) is 5.06. The average molecular weight is 297 g/mol. The fraction of sp³-hybridized carbons (Fsp3) is 0.467. The van der Waals surface area contributed by atoms with Crippen LogP contribution in [0.1, 0.15) is 25.8 Å². The average Bonchev–Trinajstić information content (AvgIpc) is 2.51. The second-order valence-corrected chi connectivity index (χ2v) is 11.3. The molecule has 0 saturated carbocycles. The smallest absolute Gasteiger partial charge is 0.269 e. The highest BCUT2D eigenvalue weighted by molar-refractivity contribution is 6.70. The molecule has 0 unspecified atom stereocenters. The van der Waals surface area contributed by atoms with Gasteiger partial charge in [0, 0.05) is 22.6 Å². The van der Waals surface area contributed by atoms with Crippen LogP contribution >= 0.6 is 11.6 Å². The molecule has 0 atom stereocenters. The largest absolute Gasteiger partial charge is 0.519 e. The minimum absolute atomic E-state index is 0.233. The maximum Gasteiger partial charge on any atom is 0.269 e. The minimum Gasteiger partial charge on any atom is -0.519 e. The Balaban J connectivity index is 2.43. The Kier molecular flexibility index (Phi) is 3.71. The van der Waals surface area contributed by atoms with Crippen molar-refractivity contribution in [2.24, 2.45) is 0 Å².